The number of methoxy groups -OCH3 is 3. The number of rotatable bonds is 4. The highest BCUT2D eigenvalue weighted by molar-refractivity contribution is 5.73. The Morgan fingerprint density at radius 2 is 1.62 bits per heavy atom. The first kappa shape index (κ1) is 29.7. The molecule has 2 aliphatic heterocycles. The first-order chi connectivity index (χ1) is 17.7. The summed E-state index contributed by atoms with van der Waals surface area (Å²) in [6.07, 6.45) is 3.29. The summed E-state index contributed by atoms with van der Waals surface area (Å²) in [5.41, 5.74) is 0.880. The van der Waals surface area contributed by atoms with Crippen molar-refractivity contribution in [3.63, 3.8) is 0 Å². The second-order valence-corrected chi connectivity index (χ2v) is 10.4. The fourth-order valence-corrected chi connectivity index (χ4v) is 5.56. The number of ether oxygens (including phenoxy) is 5. The molecule has 2 heterocycles. The topological polar surface area (TPSA) is 104 Å². The predicted octanol–water partition coefficient (Wildman–Crippen LogP) is 3.80. The molecule has 2 bridgehead atoms. The minimum Gasteiger partial charge on any atom is -0.457 e. The number of aliphatic hydroxyl groups is 2. The van der Waals surface area contributed by atoms with Gasteiger partial charge in [-0.05, 0) is 31.7 Å². The lowest BCUT2D eigenvalue weighted by molar-refractivity contribution is -0.360. The van der Waals surface area contributed by atoms with Gasteiger partial charge in [-0.1, -0.05) is 62.8 Å². The van der Waals surface area contributed by atoms with Gasteiger partial charge in [-0.3, -0.25) is 4.79 Å². The molecule has 2 aliphatic rings. The molecule has 2 unspecified atom stereocenters. The lowest BCUT2D eigenvalue weighted by atomic mass is 9.78. The third-order valence-electron chi connectivity index (χ3n) is 8.03. The maximum absolute atomic E-state index is 13.5. The van der Waals surface area contributed by atoms with E-state index in [9.17, 15) is 15.0 Å². The van der Waals surface area contributed by atoms with Gasteiger partial charge < -0.3 is 33.9 Å². The van der Waals surface area contributed by atoms with E-state index in [0.717, 1.165) is 24.8 Å². The van der Waals surface area contributed by atoms with Crippen LogP contribution in [0.25, 0.3) is 0 Å². The van der Waals surface area contributed by atoms with Crippen LogP contribution in [-0.4, -0.2) is 73.8 Å². The summed E-state index contributed by atoms with van der Waals surface area (Å²) in [6, 6.07) is 9.58. The summed E-state index contributed by atoms with van der Waals surface area (Å²) < 4.78 is 29.3. The monoisotopic (exact) mass is 520 g/mol. The quantitative estimate of drug-likeness (QED) is 0.456. The number of aliphatic hydroxyl groups excluding tert-OH is 1. The van der Waals surface area contributed by atoms with E-state index < -0.39 is 42.1 Å². The first-order valence-corrected chi connectivity index (χ1v) is 13.3. The molecular weight excluding hydrogens is 476 g/mol. The van der Waals surface area contributed by atoms with Crippen LogP contribution in [0.15, 0.2) is 42.5 Å². The molecular formula is C29H44O8. The number of cyclic esters (lactones) is 1. The van der Waals surface area contributed by atoms with Gasteiger partial charge in [0.2, 0.25) is 5.79 Å². The summed E-state index contributed by atoms with van der Waals surface area (Å²) in [4.78, 5) is 13.5. The van der Waals surface area contributed by atoms with Crippen LogP contribution in [-0.2, 0) is 28.5 Å². The fourth-order valence-electron chi connectivity index (χ4n) is 5.56. The Morgan fingerprint density at radius 1 is 0.946 bits per heavy atom. The highest BCUT2D eigenvalue weighted by Gasteiger charge is 2.58. The second-order valence-electron chi connectivity index (χ2n) is 10.4. The molecule has 1 fully saturated rings. The second kappa shape index (κ2) is 13.3. The van der Waals surface area contributed by atoms with E-state index in [2.05, 4.69) is 0 Å². The average Bonchev–Trinajstić information content (AvgIpc) is 2.90. The molecule has 0 spiro atoms. The number of hydrogen-bond donors (Lipinski definition) is 2. The minimum absolute atomic E-state index is 0.149. The Hall–Kier alpha value is -1.81. The maximum atomic E-state index is 13.5. The van der Waals surface area contributed by atoms with Crippen molar-refractivity contribution in [3.8, 4) is 0 Å². The van der Waals surface area contributed by atoms with Crippen LogP contribution in [0.5, 0.6) is 0 Å². The zero-order valence-corrected chi connectivity index (χ0v) is 22.9. The minimum atomic E-state index is -2.08. The van der Waals surface area contributed by atoms with Crippen LogP contribution in [0.1, 0.15) is 58.1 Å². The molecule has 0 radical (unpaired) electrons. The van der Waals surface area contributed by atoms with Gasteiger partial charge in [-0.15, -0.1) is 0 Å². The summed E-state index contributed by atoms with van der Waals surface area (Å²) >= 11 is 0. The Labute approximate surface area is 220 Å². The lowest BCUT2D eigenvalue weighted by Gasteiger charge is -2.51. The van der Waals surface area contributed by atoms with Gasteiger partial charge in [-0.2, -0.15) is 0 Å². The van der Waals surface area contributed by atoms with E-state index in [0.29, 0.717) is 6.42 Å². The van der Waals surface area contributed by atoms with Crippen molar-refractivity contribution in [1.82, 2.24) is 0 Å². The number of benzene rings is 1. The lowest BCUT2D eigenvalue weighted by Crippen LogP contribution is -2.66. The molecule has 0 aliphatic carbocycles. The van der Waals surface area contributed by atoms with Crippen LogP contribution in [0.3, 0.4) is 0 Å². The Morgan fingerprint density at radius 3 is 2.24 bits per heavy atom. The molecule has 8 nitrogen and oxygen atoms in total. The highest BCUT2D eigenvalue weighted by atomic mass is 16.7. The van der Waals surface area contributed by atoms with E-state index in [1.165, 1.54) is 7.11 Å². The summed E-state index contributed by atoms with van der Waals surface area (Å²) in [5.74, 6) is -4.38. The van der Waals surface area contributed by atoms with Crippen molar-refractivity contribution in [1.29, 1.82) is 0 Å². The Balaban J connectivity index is 2.01. The van der Waals surface area contributed by atoms with Crippen LogP contribution in [0.4, 0.5) is 0 Å². The van der Waals surface area contributed by atoms with Crippen molar-refractivity contribution < 1.29 is 38.7 Å². The van der Waals surface area contributed by atoms with Crippen LogP contribution in [0.2, 0.25) is 0 Å². The molecule has 208 valence electrons. The standard InChI is InChI=1S/C29H44O8/c1-18-16-17-24(34-5)23(33-4)15-11-10-14-22(21-12-8-7-9-13-21)36-28(31)20(3)29(32)27(35-6)25(30)19(2)26(18)37-29/h7-9,12-13,16-20,22-27,30,32H,10-11,14-15H2,1-6H3/b17-16+/t18-,19-,20+,22?,23?,24+,25-,26-,27+,29+/m0/s1. The molecule has 1 saturated heterocycles. The third-order valence-corrected chi connectivity index (χ3v) is 8.03. The highest BCUT2D eigenvalue weighted by Crippen LogP contribution is 2.42. The summed E-state index contributed by atoms with van der Waals surface area (Å²) in [7, 11) is 4.72. The van der Waals surface area contributed by atoms with Gasteiger partial charge >= 0.3 is 5.97 Å². The molecule has 3 rings (SSSR count). The first-order valence-electron chi connectivity index (χ1n) is 13.3. The molecule has 0 saturated carbocycles. The van der Waals surface area contributed by atoms with E-state index in [1.807, 2.05) is 56.3 Å². The van der Waals surface area contributed by atoms with E-state index in [4.69, 9.17) is 23.7 Å². The molecule has 8 heteroatoms. The largest absolute Gasteiger partial charge is 0.457 e. The number of carbonyl (C=O) groups excluding carboxylic acids is 1. The normalized spacial score (nSPS) is 41.1. The number of esters is 1. The van der Waals surface area contributed by atoms with Crippen molar-refractivity contribution >= 4 is 5.97 Å². The molecule has 1 aromatic rings. The average molecular weight is 521 g/mol. The van der Waals surface area contributed by atoms with Gasteiger partial charge in [0.25, 0.3) is 0 Å². The zero-order chi connectivity index (χ0) is 27.2. The van der Waals surface area contributed by atoms with Crippen molar-refractivity contribution in [3.05, 3.63) is 48.0 Å². The van der Waals surface area contributed by atoms with Gasteiger partial charge in [0, 0.05) is 33.2 Å². The van der Waals surface area contributed by atoms with Gasteiger partial charge in [0.15, 0.2) is 0 Å². The van der Waals surface area contributed by atoms with Crippen LogP contribution >= 0.6 is 0 Å². The molecule has 0 amide bonds. The maximum Gasteiger partial charge on any atom is 0.314 e. The van der Waals surface area contributed by atoms with Gasteiger partial charge in [0.1, 0.15) is 24.2 Å². The van der Waals surface area contributed by atoms with Crippen LogP contribution in [0, 0.1) is 17.8 Å². The Bertz CT molecular complexity index is 876. The number of carbonyl (C=O) groups is 1. The SMILES string of the molecule is COC1CCCCC(c2ccccc2)OC(=O)[C@@H](C)[C@@]2(O)O[C@H]([C@@H](C)[C@H](O)[C@H]2OC)[C@@H](C)/C=C/[C@H]1OC. The van der Waals surface area contributed by atoms with Crippen LogP contribution < -0.4 is 0 Å². The van der Waals surface area contributed by atoms with Crippen molar-refractivity contribution in [2.24, 2.45) is 17.8 Å². The number of fused-ring (bicyclic) bond motifs is 2. The molecule has 37 heavy (non-hydrogen) atoms. The van der Waals surface area contributed by atoms with Gasteiger partial charge in [-0.25, -0.2) is 0 Å². The Kier molecular flexibility index (Phi) is 10.7. The predicted molar refractivity (Wildman–Crippen MR) is 139 cm³/mol. The molecule has 1 aromatic carbocycles. The molecule has 2 N–H and O–H groups in total. The number of hydrogen-bond acceptors (Lipinski definition) is 8. The fraction of sp³-hybridized carbons (Fsp3) is 0.690. The zero-order valence-electron chi connectivity index (χ0n) is 22.9. The molecule has 10 atom stereocenters. The third kappa shape index (κ3) is 6.61. The summed E-state index contributed by atoms with van der Waals surface area (Å²) in [6.45, 7) is 5.36. The van der Waals surface area contributed by atoms with E-state index >= 15 is 0 Å². The smallest absolute Gasteiger partial charge is 0.314 e. The summed E-state index contributed by atoms with van der Waals surface area (Å²) in [5, 5.41) is 22.9. The van der Waals surface area contributed by atoms with Crippen molar-refractivity contribution in [2.45, 2.75) is 88.9 Å². The van der Waals surface area contributed by atoms with E-state index in [-0.39, 0.29) is 24.0 Å². The van der Waals surface area contributed by atoms with E-state index in [1.54, 1.807) is 21.1 Å². The molecule has 0 aromatic heterocycles. The van der Waals surface area contributed by atoms with Crippen molar-refractivity contribution in [2.75, 3.05) is 21.3 Å². The van der Waals surface area contributed by atoms with Gasteiger partial charge in [0.05, 0.1) is 18.3 Å².